The van der Waals surface area contributed by atoms with Gasteiger partial charge in [0.2, 0.25) is 0 Å². The van der Waals surface area contributed by atoms with Gasteiger partial charge in [0.05, 0.1) is 18.2 Å². The Labute approximate surface area is 140 Å². The van der Waals surface area contributed by atoms with Gasteiger partial charge in [-0.15, -0.1) is 0 Å². The minimum atomic E-state index is -0.204. The molecule has 0 spiro atoms. The van der Waals surface area contributed by atoms with Gasteiger partial charge in [0, 0.05) is 43.6 Å². The molecular formula is C17H20N4O3. The molecule has 0 aliphatic carbocycles. The SMILES string of the molecule is CCO[C@H]1COCC[C@@H]1NC(=O)c1cnc(-c2cccnc2)nc1. The van der Waals surface area contributed by atoms with Crippen LogP contribution in [-0.4, -0.2) is 52.8 Å². The zero-order valence-electron chi connectivity index (χ0n) is 13.5. The topological polar surface area (TPSA) is 86.2 Å². The van der Waals surface area contributed by atoms with Gasteiger partial charge in [-0.3, -0.25) is 9.78 Å². The molecule has 0 aromatic carbocycles. The molecule has 0 radical (unpaired) electrons. The predicted molar refractivity (Wildman–Crippen MR) is 87.4 cm³/mol. The fourth-order valence-corrected chi connectivity index (χ4v) is 2.60. The van der Waals surface area contributed by atoms with Crippen LogP contribution in [0.5, 0.6) is 0 Å². The van der Waals surface area contributed by atoms with Gasteiger partial charge in [-0.05, 0) is 25.5 Å². The fraction of sp³-hybridized carbons (Fsp3) is 0.412. The van der Waals surface area contributed by atoms with Crippen LogP contribution in [0.15, 0.2) is 36.9 Å². The number of nitrogens with one attached hydrogen (secondary N) is 1. The van der Waals surface area contributed by atoms with Crippen molar-refractivity contribution < 1.29 is 14.3 Å². The van der Waals surface area contributed by atoms with E-state index in [9.17, 15) is 4.79 Å². The molecule has 0 unspecified atom stereocenters. The summed E-state index contributed by atoms with van der Waals surface area (Å²) < 4.78 is 11.0. The Morgan fingerprint density at radius 2 is 2.21 bits per heavy atom. The molecule has 2 aromatic heterocycles. The number of nitrogens with zero attached hydrogens (tertiary/aromatic N) is 3. The third-order valence-electron chi connectivity index (χ3n) is 3.84. The molecular weight excluding hydrogens is 308 g/mol. The zero-order chi connectivity index (χ0) is 16.8. The summed E-state index contributed by atoms with van der Waals surface area (Å²) >= 11 is 0. The van der Waals surface area contributed by atoms with E-state index < -0.39 is 0 Å². The molecule has 3 heterocycles. The summed E-state index contributed by atoms with van der Waals surface area (Å²) in [5.74, 6) is 0.335. The number of rotatable bonds is 5. The van der Waals surface area contributed by atoms with Crippen molar-refractivity contribution in [2.24, 2.45) is 0 Å². The average Bonchev–Trinajstić information content (AvgIpc) is 2.64. The molecule has 1 amide bonds. The van der Waals surface area contributed by atoms with Gasteiger partial charge in [0.25, 0.3) is 5.91 Å². The highest BCUT2D eigenvalue weighted by Crippen LogP contribution is 2.14. The summed E-state index contributed by atoms with van der Waals surface area (Å²) in [6.07, 6.45) is 7.03. The minimum absolute atomic E-state index is 0.0656. The summed E-state index contributed by atoms with van der Waals surface area (Å²) in [4.78, 5) is 24.9. The number of amides is 1. The van der Waals surface area contributed by atoms with Crippen molar-refractivity contribution in [1.29, 1.82) is 0 Å². The van der Waals surface area contributed by atoms with E-state index >= 15 is 0 Å². The number of aromatic nitrogens is 3. The Morgan fingerprint density at radius 1 is 1.38 bits per heavy atom. The monoisotopic (exact) mass is 328 g/mol. The van der Waals surface area contributed by atoms with Crippen LogP contribution < -0.4 is 5.32 Å². The van der Waals surface area contributed by atoms with Crippen molar-refractivity contribution in [3.63, 3.8) is 0 Å². The molecule has 3 rings (SSSR count). The summed E-state index contributed by atoms with van der Waals surface area (Å²) in [5, 5.41) is 2.99. The van der Waals surface area contributed by atoms with Crippen molar-refractivity contribution in [2.45, 2.75) is 25.5 Å². The quantitative estimate of drug-likeness (QED) is 0.894. The van der Waals surface area contributed by atoms with E-state index in [1.807, 2.05) is 19.1 Å². The van der Waals surface area contributed by atoms with Gasteiger partial charge in [-0.25, -0.2) is 9.97 Å². The maximum atomic E-state index is 12.4. The largest absolute Gasteiger partial charge is 0.379 e. The van der Waals surface area contributed by atoms with Crippen LogP contribution in [0.2, 0.25) is 0 Å². The van der Waals surface area contributed by atoms with Gasteiger partial charge in [-0.2, -0.15) is 0 Å². The van der Waals surface area contributed by atoms with Crippen LogP contribution in [0.1, 0.15) is 23.7 Å². The molecule has 1 fully saturated rings. The smallest absolute Gasteiger partial charge is 0.254 e. The average molecular weight is 328 g/mol. The van der Waals surface area contributed by atoms with Gasteiger partial charge in [-0.1, -0.05) is 0 Å². The molecule has 1 aliphatic heterocycles. The Balaban J connectivity index is 1.66. The van der Waals surface area contributed by atoms with Crippen molar-refractivity contribution in [3.8, 4) is 11.4 Å². The molecule has 1 N–H and O–H groups in total. The fourth-order valence-electron chi connectivity index (χ4n) is 2.60. The molecule has 2 atom stereocenters. The molecule has 0 saturated carbocycles. The highest BCUT2D eigenvalue weighted by atomic mass is 16.5. The lowest BCUT2D eigenvalue weighted by Crippen LogP contribution is -2.50. The Bertz CT molecular complexity index is 661. The second kappa shape index (κ2) is 7.94. The third-order valence-corrected chi connectivity index (χ3v) is 3.84. The second-order valence-corrected chi connectivity index (χ2v) is 5.47. The number of ether oxygens (including phenoxy) is 2. The number of carbonyl (C=O) groups is 1. The molecule has 1 saturated heterocycles. The third kappa shape index (κ3) is 3.93. The Morgan fingerprint density at radius 3 is 2.92 bits per heavy atom. The number of hydrogen-bond donors (Lipinski definition) is 1. The first-order valence-electron chi connectivity index (χ1n) is 8.00. The highest BCUT2D eigenvalue weighted by Gasteiger charge is 2.28. The Kier molecular flexibility index (Phi) is 5.45. The first-order chi connectivity index (χ1) is 11.8. The summed E-state index contributed by atoms with van der Waals surface area (Å²) in [6.45, 7) is 3.63. The van der Waals surface area contributed by atoms with E-state index in [1.54, 1.807) is 12.4 Å². The Hall–Kier alpha value is -2.38. The summed E-state index contributed by atoms with van der Waals surface area (Å²) in [5.41, 5.74) is 1.23. The van der Waals surface area contributed by atoms with E-state index in [2.05, 4.69) is 20.3 Å². The molecule has 7 nitrogen and oxygen atoms in total. The van der Waals surface area contributed by atoms with Crippen molar-refractivity contribution in [1.82, 2.24) is 20.3 Å². The number of carbonyl (C=O) groups excluding carboxylic acids is 1. The van der Waals surface area contributed by atoms with Crippen LogP contribution in [-0.2, 0) is 9.47 Å². The lowest BCUT2D eigenvalue weighted by atomic mass is 10.1. The van der Waals surface area contributed by atoms with E-state index in [0.29, 0.717) is 31.2 Å². The normalized spacial score (nSPS) is 20.5. The molecule has 1 aliphatic rings. The molecule has 24 heavy (non-hydrogen) atoms. The molecule has 126 valence electrons. The van der Waals surface area contributed by atoms with Crippen LogP contribution in [0.4, 0.5) is 0 Å². The maximum Gasteiger partial charge on any atom is 0.254 e. The predicted octanol–water partition coefficient (Wildman–Crippen LogP) is 1.46. The minimum Gasteiger partial charge on any atom is -0.379 e. The van der Waals surface area contributed by atoms with Crippen LogP contribution in [0.25, 0.3) is 11.4 Å². The van der Waals surface area contributed by atoms with Crippen LogP contribution in [0.3, 0.4) is 0 Å². The second-order valence-electron chi connectivity index (χ2n) is 5.47. The first-order valence-corrected chi connectivity index (χ1v) is 8.00. The lowest BCUT2D eigenvalue weighted by molar-refractivity contribution is -0.0632. The van der Waals surface area contributed by atoms with Crippen molar-refractivity contribution in [2.75, 3.05) is 19.8 Å². The van der Waals surface area contributed by atoms with E-state index in [4.69, 9.17) is 9.47 Å². The number of hydrogen-bond acceptors (Lipinski definition) is 6. The molecule has 2 aromatic rings. The molecule has 0 bridgehead atoms. The highest BCUT2D eigenvalue weighted by molar-refractivity contribution is 5.94. The van der Waals surface area contributed by atoms with Gasteiger partial charge < -0.3 is 14.8 Å². The van der Waals surface area contributed by atoms with Gasteiger partial charge >= 0.3 is 0 Å². The number of pyridine rings is 1. The van der Waals surface area contributed by atoms with Crippen LogP contribution in [0, 0.1) is 0 Å². The van der Waals surface area contributed by atoms with Crippen LogP contribution >= 0.6 is 0 Å². The van der Waals surface area contributed by atoms with Crippen molar-refractivity contribution >= 4 is 5.91 Å². The lowest BCUT2D eigenvalue weighted by Gasteiger charge is -2.31. The standard InChI is InChI=1S/C17H20N4O3/c1-2-24-15-11-23-7-5-14(15)21-17(22)13-9-19-16(20-10-13)12-4-3-6-18-8-12/h3-4,6,8-10,14-15H,2,5,7,11H2,1H3,(H,21,22)/t14-,15-/m0/s1. The van der Waals surface area contributed by atoms with E-state index in [-0.39, 0.29) is 18.1 Å². The van der Waals surface area contributed by atoms with Crippen molar-refractivity contribution in [3.05, 3.63) is 42.5 Å². The zero-order valence-corrected chi connectivity index (χ0v) is 13.5. The van der Waals surface area contributed by atoms with Gasteiger partial charge in [0.15, 0.2) is 5.82 Å². The van der Waals surface area contributed by atoms with E-state index in [1.165, 1.54) is 12.4 Å². The first kappa shape index (κ1) is 16.5. The maximum absolute atomic E-state index is 12.4. The molecule has 7 heteroatoms. The summed E-state index contributed by atoms with van der Waals surface area (Å²) in [7, 11) is 0. The van der Waals surface area contributed by atoms with E-state index in [0.717, 1.165) is 12.0 Å². The summed E-state index contributed by atoms with van der Waals surface area (Å²) in [6, 6.07) is 3.62. The van der Waals surface area contributed by atoms with Gasteiger partial charge in [0.1, 0.15) is 6.10 Å².